The molecule has 0 aliphatic heterocycles. The second kappa shape index (κ2) is 9.73. The Morgan fingerprint density at radius 1 is 0.900 bits per heavy atom. The van der Waals surface area contributed by atoms with Gasteiger partial charge in [-0.2, -0.15) is 0 Å². The Morgan fingerprint density at radius 2 is 1.57 bits per heavy atom. The summed E-state index contributed by atoms with van der Waals surface area (Å²) in [4.78, 5) is 12.8. The van der Waals surface area contributed by atoms with Crippen LogP contribution in [-0.2, 0) is 4.79 Å². The fourth-order valence-corrected chi connectivity index (χ4v) is 3.62. The van der Waals surface area contributed by atoms with Crippen molar-refractivity contribution in [3.63, 3.8) is 0 Å². The van der Waals surface area contributed by atoms with E-state index in [0.29, 0.717) is 6.54 Å². The average Bonchev–Trinajstić information content (AvgIpc) is 2.76. The van der Waals surface area contributed by atoms with Gasteiger partial charge in [0.25, 0.3) is 0 Å². The fraction of sp³-hybridized carbons (Fsp3) is 0.296. The third kappa shape index (κ3) is 5.37. The second-order valence-corrected chi connectivity index (χ2v) is 8.43. The van der Waals surface area contributed by atoms with E-state index in [1.807, 2.05) is 63.3 Å². The lowest BCUT2D eigenvalue weighted by Gasteiger charge is -2.23. The lowest BCUT2D eigenvalue weighted by molar-refractivity contribution is -0.127. The van der Waals surface area contributed by atoms with Gasteiger partial charge in [0.1, 0.15) is 0 Å². The van der Waals surface area contributed by atoms with Crippen LogP contribution in [0.25, 0.3) is 10.8 Å². The van der Waals surface area contributed by atoms with E-state index in [1.54, 1.807) is 0 Å². The first-order valence-electron chi connectivity index (χ1n) is 10.6. The molecule has 0 aromatic heterocycles. The largest absolute Gasteiger partial charge is 0.349 e. The number of rotatable bonds is 8. The van der Waals surface area contributed by atoms with Gasteiger partial charge >= 0.3 is 0 Å². The number of carbonyl (C=O) groups excluding carboxylic acids is 1. The highest BCUT2D eigenvalue weighted by atomic mass is 16.2. The van der Waals surface area contributed by atoms with Gasteiger partial charge in [0, 0.05) is 12.6 Å². The number of nitrogens with one attached hydrogen (secondary N) is 2. The molecule has 0 radical (unpaired) electrons. The van der Waals surface area contributed by atoms with Gasteiger partial charge in [-0.1, -0.05) is 84.9 Å². The lowest BCUT2D eigenvalue weighted by Crippen LogP contribution is -2.37. The van der Waals surface area contributed by atoms with E-state index >= 15 is 0 Å². The van der Waals surface area contributed by atoms with Crippen LogP contribution in [0.1, 0.15) is 50.9 Å². The molecule has 156 valence electrons. The first-order valence-corrected chi connectivity index (χ1v) is 10.6. The molecule has 0 saturated heterocycles. The molecule has 0 bridgehead atoms. The maximum Gasteiger partial charge on any atom is 0.229 e. The Labute approximate surface area is 180 Å². The Bertz CT molecular complexity index is 1000. The Balaban J connectivity index is 1.56. The van der Waals surface area contributed by atoms with Crippen molar-refractivity contribution in [3.05, 3.63) is 96.1 Å². The van der Waals surface area contributed by atoms with Crippen molar-refractivity contribution in [2.75, 3.05) is 6.54 Å². The second-order valence-electron chi connectivity index (χ2n) is 8.43. The molecule has 2 atom stereocenters. The maximum atomic E-state index is 12.8. The van der Waals surface area contributed by atoms with Crippen LogP contribution >= 0.6 is 0 Å². The summed E-state index contributed by atoms with van der Waals surface area (Å²) < 4.78 is 0. The average molecular weight is 401 g/mol. The van der Waals surface area contributed by atoms with Crippen LogP contribution in [-0.4, -0.2) is 12.5 Å². The minimum Gasteiger partial charge on any atom is -0.349 e. The molecule has 0 fully saturated rings. The molecule has 0 aliphatic rings. The van der Waals surface area contributed by atoms with E-state index in [0.717, 1.165) is 5.56 Å². The van der Waals surface area contributed by atoms with Crippen LogP contribution in [0.4, 0.5) is 0 Å². The molecule has 3 heteroatoms. The summed E-state index contributed by atoms with van der Waals surface area (Å²) in [5, 5.41) is 9.20. The van der Waals surface area contributed by atoms with Crippen molar-refractivity contribution < 1.29 is 4.79 Å². The fourth-order valence-electron chi connectivity index (χ4n) is 3.62. The zero-order valence-electron chi connectivity index (χ0n) is 18.4. The van der Waals surface area contributed by atoms with Crippen LogP contribution in [0.5, 0.6) is 0 Å². The zero-order valence-corrected chi connectivity index (χ0v) is 18.4. The van der Waals surface area contributed by atoms with Crippen molar-refractivity contribution in [2.45, 2.75) is 39.8 Å². The van der Waals surface area contributed by atoms with Gasteiger partial charge in [-0.3, -0.25) is 4.79 Å². The van der Waals surface area contributed by atoms with Crippen LogP contribution in [0.2, 0.25) is 0 Å². The van der Waals surface area contributed by atoms with Crippen molar-refractivity contribution in [1.82, 2.24) is 10.6 Å². The van der Waals surface area contributed by atoms with Crippen LogP contribution in [0, 0.1) is 5.41 Å². The molecule has 0 saturated carbocycles. The summed E-state index contributed by atoms with van der Waals surface area (Å²) in [6, 6.07) is 25.1. The van der Waals surface area contributed by atoms with Crippen LogP contribution < -0.4 is 10.6 Å². The predicted octanol–water partition coefficient (Wildman–Crippen LogP) is 5.95. The molecule has 3 rings (SSSR count). The Hall–Kier alpha value is -2.91. The van der Waals surface area contributed by atoms with E-state index < -0.39 is 5.41 Å². The number of amides is 1. The number of benzene rings is 3. The standard InChI is InChI=1S/C27H32N2O/c1-20(22-12-6-5-7-13-22)29-26(30)27(3,4)18-11-19-28-21(2)24-17-10-15-23-14-8-9-16-25(23)24/h5-18,20-21,28H,19H2,1-4H3,(H,29,30)/b18-11+/t20?,21-/m1/s1. The molecule has 3 aromatic carbocycles. The number of hydrogen-bond acceptors (Lipinski definition) is 2. The van der Waals surface area contributed by atoms with Crippen molar-refractivity contribution in [3.8, 4) is 0 Å². The third-order valence-corrected chi connectivity index (χ3v) is 5.60. The minimum atomic E-state index is -0.576. The van der Waals surface area contributed by atoms with E-state index in [2.05, 4.69) is 60.0 Å². The van der Waals surface area contributed by atoms with Crippen LogP contribution in [0.3, 0.4) is 0 Å². The van der Waals surface area contributed by atoms with Gasteiger partial charge in [0.05, 0.1) is 11.5 Å². The molecule has 30 heavy (non-hydrogen) atoms. The van der Waals surface area contributed by atoms with E-state index in [4.69, 9.17) is 0 Å². The van der Waals surface area contributed by atoms with Gasteiger partial charge in [-0.05, 0) is 49.6 Å². The summed E-state index contributed by atoms with van der Waals surface area (Å²) in [6.45, 7) is 8.79. The smallest absolute Gasteiger partial charge is 0.229 e. The summed E-state index contributed by atoms with van der Waals surface area (Å²) in [6.07, 6.45) is 4.04. The first kappa shape index (κ1) is 21.8. The van der Waals surface area contributed by atoms with Crippen molar-refractivity contribution >= 4 is 16.7 Å². The summed E-state index contributed by atoms with van der Waals surface area (Å²) in [7, 11) is 0. The quantitative estimate of drug-likeness (QED) is 0.459. The highest BCUT2D eigenvalue weighted by molar-refractivity contribution is 5.86. The van der Waals surface area contributed by atoms with Gasteiger partial charge in [-0.25, -0.2) is 0 Å². The molecular formula is C27H32N2O. The maximum absolute atomic E-state index is 12.8. The van der Waals surface area contributed by atoms with Crippen LogP contribution in [0.15, 0.2) is 84.9 Å². The van der Waals surface area contributed by atoms with E-state index in [1.165, 1.54) is 16.3 Å². The molecule has 0 aliphatic carbocycles. The number of fused-ring (bicyclic) bond motifs is 1. The van der Waals surface area contributed by atoms with E-state index in [-0.39, 0.29) is 18.0 Å². The monoisotopic (exact) mass is 400 g/mol. The summed E-state index contributed by atoms with van der Waals surface area (Å²) in [5.41, 5.74) is 1.82. The molecule has 2 N–H and O–H groups in total. The molecule has 3 aromatic rings. The van der Waals surface area contributed by atoms with Crippen molar-refractivity contribution in [1.29, 1.82) is 0 Å². The molecule has 0 heterocycles. The third-order valence-electron chi connectivity index (χ3n) is 5.60. The molecule has 0 spiro atoms. The minimum absolute atomic E-state index is 0.0177. The highest BCUT2D eigenvalue weighted by Crippen LogP contribution is 2.24. The number of carbonyl (C=O) groups is 1. The van der Waals surface area contributed by atoms with Crippen molar-refractivity contribution in [2.24, 2.45) is 5.41 Å². The topological polar surface area (TPSA) is 41.1 Å². The Kier molecular flexibility index (Phi) is 7.07. The SMILES string of the molecule is CC(NC(=O)C(C)(C)/C=C/CN[C@H](C)c1cccc2ccccc12)c1ccccc1. The molecular weight excluding hydrogens is 368 g/mol. The van der Waals surface area contributed by atoms with Gasteiger partial charge in [0.2, 0.25) is 5.91 Å². The highest BCUT2D eigenvalue weighted by Gasteiger charge is 2.25. The normalized spacial score (nSPS) is 14.0. The molecule has 1 amide bonds. The predicted molar refractivity (Wildman–Crippen MR) is 126 cm³/mol. The zero-order chi connectivity index (χ0) is 21.6. The van der Waals surface area contributed by atoms with Gasteiger partial charge in [-0.15, -0.1) is 0 Å². The summed E-state index contributed by atoms with van der Waals surface area (Å²) in [5.74, 6) is 0.0252. The first-order chi connectivity index (χ1) is 14.4. The van der Waals surface area contributed by atoms with E-state index in [9.17, 15) is 4.79 Å². The Morgan fingerprint density at radius 3 is 2.33 bits per heavy atom. The molecule has 3 nitrogen and oxygen atoms in total. The van der Waals surface area contributed by atoms with Gasteiger partial charge < -0.3 is 10.6 Å². The summed E-state index contributed by atoms with van der Waals surface area (Å²) >= 11 is 0. The molecule has 1 unspecified atom stereocenters. The van der Waals surface area contributed by atoms with Gasteiger partial charge in [0.15, 0.2) is 0 Å². The number of hydrogen-bond donors (Lipinski definition) is 2. The lowest BCUT2D eigenvalue weighted by atomic mass is 9.91.